The van der Waals surface area contributed by atoms with E-state index in [1.54, 1.807) is 24.1 Å². The lowest BCUT2D eigenvalue weighted by Gasteiger charge is -2.16. The largest absolute Gasteiger partial charge is 0.391 e. The first kappa shape index (κ1) is 11.8. The molecule has 19 heavy (non-hydrogen) atoms. The number of β-amino-alcohol motifs (C(OH)–C–C–N with tert-alkyl or cyclic N) is 1. The SMILES string of the molecule is CNc1nc(N2CCC(O)C2)nc(-n2cccn2)n1. The van der Waals surface area contributed by atoms with Gasteiger partial charge in [-0.2, -0.15) is 20.1 Å². The van der Waals surface area contributed by atoms with Crippen LogP contribution in [0.2, 0.25) is 0 Å². The number of aliphatic hydroxyl groups excluding tert-OH is 1. The van der Waals surface area contributed by atoms with Gasteiger partial charge in [-0.3, -0.25) is 0 Å². The van der Waals surface area contributed by atoms with E-state index in [1.165, 1.54) is 0 Å². The first-order chi connectivity index (χ1) is 9.26. The summed E-state index contributed by atoms with van der Waals surface area (Å²) in [4.78, 5) is 14.9. The highest BCUT2D eigenvalue weighted by Crippen LogP contribution is 2.18. The number of hydrogen-bond acceptors (Lipinski definition) is 7. The van der Waals surface area contributed by atoms with Gasteiger partial charge in [0, 0.05) is 32.5 Å². The van der Waals surface area contributed by atoms with Crippen molar-refractivity contribution in [3.05, 3.63) is 18.5 Å². The fraction of sp³-hybridized carbons (Fsp3) is 0.455. The van der Waals surface area contributed by atoms with Crippen molar-refractivity contribution in [2.75, 3.05) is 30.4 Å². The minimum Gasteiger partial charge on any atom is -0.391 e. The van der Waals surface area contributed by atoms with Gasteiger partial charge in [-0.25, -0.2) is 4.68 Å². The summed E-state index contributed by atoms with van der Waals surface area (Å²) >= 11 is 0. The molecule has 0 bridgehead atoms. The smallest absolute Gasteiger partial charge is 0.257 e. The van der Waals surface area contributed by atoms with Crippen LogP contribution in [0.25, 0.3) is 5.95 Å². The minimum absolute atomic E-state index is 0.317. The number of anilines is 2. The molecule has 2 aromatic rings. The van der Waals surface area contributed by atoms with E-state index in [-0.39, 0.29) is 6.10 Å². The summed E-state index contributed by atoms with van der Waals surface area (Å²) in [6.45, 7) is 1.29. The molecule has 0 saturated carbocycles. The van der Waals surface area contributed by atoms with Gasteiger partial charge in [-0.15, -0.1) is 0 Å². The Kier molecular flexibility index (Phi) is 3.00. The molecule has 0 amide bonds. The Labute approximate surface area is 110 Å². The Bertz CT molecular complexity index is 556. The molecule has 2 aromatic heterocycles. The Hall–Kier alpha value is -2.22. The third-order valence-electron chi connectivity index (χ3n) is 2.99. The summed E-state index contributed by atoms with van der Waals surface area (Å²) in [5.74, 6) is 1.50. The van der Waals surface area contributed by atoms with Gasteiger partial charge in [0.2, 0.25) is 11.9 Å². The molecule has 100 valence electrons. The van der Waals surface area contributed by atoms with Gasteiger partial charge in [-0.1, -0.05) is 0 Å². The summed E-state index contributed by atoms with van der Waals surface area (Å²) in [7, 11) is 1.75. The number of aromatic nitrogens is 5. The lowest BCUT2D eigenvalue weighted by molar-refractivity contribution is 0.198. The quantitative estimate of drug-likeness (QED) is 0.781. The average molecular weight is 261 g/mol. The van der Waals surface area contributed by atoms with Gasteiger partial charge in [0.1, 0.15) is 0 Å². The van der Waals surface area contributed by atoms with Crippen LogP contribution in [0.4, 0.5) is 11.9 Å². The standard InChI is InChI=1S/C11H15N7O/c1-12-9-14-10(17-6-3-8(19)7-17)16-11(15-9)18-5-2-4-13-18/h2,4-5,8,19H,3,6-7H2,1H3,(H,12,14,15,16). The number of nitrogens with zero attached hydrogens (tertiary/aromatic N) is 6. The van der Waals surface area contributed by atoms with Crippen molar-refractivity contribution in [3.63, 3.8) is 0 Å². The van der Waals surface area contributed by atoms with Crippen molar-refractivity contribution in [2.24, 2.45) is 0 Å². The van der Waals surface area contributed by atoms with Crippen molar-refractivity contribution < 1.29 is 5.11 Å². The molecule has 2 N–H and O–H groups in total. The molecule has 8 heteroatoms. The van der Waals surface area contributed by atoms with E-state index in [0.717, 1.165) is 13.0 Å². The van der Waals surface area contributed by atoms with E-state index >= 15 is 0 Å². The highest BCUT2D eigenvalue weighted by atomic mass is 16.3. The van der Waals surface area contributed by atoms with Gasteiger partial charge in [0.05, 0.1) is 6.10 Å². The zero-order valence-electron chi connectivity index (χ0n) is 10.6. The predicted octanol–water partition coefficient (Wildman–Crippen LogP) is -0.330. The van der Waals surface area contributed by atoms with Crippen molar-refractivity contribution in [2.45, 2.75) is 12.5 Å². The third kappa shape index (κ3) is 2.34. The molecule has 0 aromatic carbocycles. The Morgan fingerprint density at radius 3 is 2.79 bits per heavy atom. The molecule has 1 unspecified atom stereocenters. The minimum atomic E-state index is -0.317. The second-order valence-corrected chi connectivity index (χ2v) is 4.35. The topological polar surface area (TPSA) is 92.0 Å². The van der Waals surface area contributed by atoms with Gasteiger partial charge in [0.15, 0.2) is 0 Å². The molecule has 0 radical (unpaired) electrons. The van der Waals surface area contributed by atoms with E-state index in [4.69, 9.17) is 0 Å². The first-order valence-corrected chi connectivity index (χ1v) is 6.13. The van der Waals surface area contributed by atoms with E-state index in [9.17, 15) is 5.11 Å². The number of aliphatic hydroxyl groups is 1. The van der Waals surface area contributed by atoms with E-state index < -0.39 is 0 Å². The zero-order valence-corrected chi connectivity index (χ0v) is 10.6. The summed E-state index contributed by atoms with van der Waals surface area (Å²) in [6, 6.07) is 1.81. The Balaban J connectivity index is 1.98. The molecule has 1 saturated heterocycles. The maximum Gasteiger partial charge on any atom is 0.257 e. The van der Waals surface area contributed by atoms with Crippen LogP contribution in [-0.2, 0) is 0 Å². The fourth-order valence-electron chi connectivity index (χ4n) is 2.02. The highest BCUT2D eigenvalue weighted by molar-refractivity contribution is 5.40. The van der Waals surface area contributed by atoms with Crippen molar-refractivity contribution in [3.8, 4) is 5.95 Å². The summed E-state index contributed by atoms with van der Waals surface area (Å²) in [6.07, 6.45) is 3.86. The van der Waals surface area contributed by atoms with Gasteiger partial charge in [-0.05, 0) is 12.5 Å². The van der Waals surface area contributed by atoms with Crippen LogP contribution in [0.1, 0.15) is 6.42 Å². The third-order valence-corrected chi connectivity index (χ3v) is 2.99. The zero-order chi connectivity index (χ0) is 13.2. The second kappa shape index (κ2) is 4.81. The monoisotopic (exact) mass is 261 g/mol. The maximum atomic E-state index is 9.59. The van der Waals surface area contributed by atoms with Crippen LogP contribution in [-0.4, -0.2) is 56.1 Å². The van der Waals surface area contributed by atoms with Gasteiger partial charge < -0.3 is 15.3 Å². The second-order valence-electron chi connectivity index (χ2n) is 4.35. The Morgan fingerprint density at radius 2 is 2.16 bits per heavy atom. The molecule has 3 heterocycles. The molecular weight excluding hydrogens is 246 g/mol. The normalized spacial score (nSPS) is 18.8. The van der Waals surface area contributed by atoms with Gasteiger partial charge in [0.25, 0.3) is 5.95 Å². The number of rotatable bonds is 3. The van der Waals surface area contributed by atoms with Crippen LogP contribution < -0.4 is 10.2 Å². The molecule has 1 aliphatic heterocycles. The summed E-state index contributed by atoms with van der Waals surface area (Å²) in [5.41, 5.74) is 0. The molecule has 0 spiro atoms. The first-order valence-electron chi connectivity index (χ1n) is 6.13. The lowest BCUT2D eigenvalue weighted by atomic mass is 10.3. The van der Waals surface area contributed by atoms with Crippen LogP contribution in [0, 0.1) is 0 Å². The molecule has 3 rings (SSSR count). The molecule has 0 aliphatic carbocycles. The van der Waals surface area contributed by atoms with E-state index in [1.807, 2.05) is 11.0 Å². The van der Waals surface area contributed by atoms with Crippen LogP contribution in [0.3, 0.4) is 0 Å². The van der Waals surface area contributed by atoms with Crippen molar-refractivity contribution >= 4 is 11.9 Å². The van der Waals surface area contributed by atoms with E-state index in [0.29, 0.717) is 24.4 Å². The molecule has 1 aliphatic rings. The van der Waals surface area contributed by atoms with Crippen LogP contribution in [0.5, 0.6) is 0 Å². The number of hydrogen-bond donors (Lipinski definition) is 2. The van der Waals surface area contributed by atoms with E-state index in [2.05, 4.69) is 25.4 Å². The predicted molar refractivity (Wildman–Crippen MR) is 69.3 cm³/mol. The van der Waals surface area contributed by atoms with Crippen molar-refractivity contribution in [1.82, 2.24) is 24.7 Å². The summed E-state index contributed by atoms with van der Waals surface area (Å²) in [5, 5.41) is 16.6. The maximum absolute atomic E-state index is 9.59. The highest BCUT2D eigenvalue weighted by Gasteiger charge is 2.23. The Morgan fingerprint density at radius 1 is 1.32 bits per heavy atom. The van der Waals surface area contributed by atoms with Crippen LogP contribution in [0.15, 0.2) is 18.5 Å². The molecule has 1 atom stereocenters. The van der Waals surface area contributed by atoms with Crippen molar-refractivity contribution in [1.29, 1.82) is 0 Å². The lowest BCUT2D eigenvalue weighted by Crippen LogP contribution is -2.24. The summed E-state index contributed by atoms with van der Waals surface area (Å²) < 4.78 is 1.58. The van der Waals surface area contributed by atoms with Gasteiger partial charge >= 0.3 is 0 Å². The average Bonchev–Trinajstić information content (AvgIpc) is 3.09. The fourth-order valence-corrected chi connectivity index (χ4v) is 2.02. The molecule has 8 nitrogen and oxygen atoms in total. The molecule has 1 fully saturated rings. The molecular formula is C11H15N7O. The van der Waals surface area contributed by atoms with Crippen LogP contribution >= 0.6 is 0 Å². The number of nitrogens with one attached hydrogen (secondary N) is 1.